The highest BCUT2D eigenvalue weighted by atomic mass is 16.3. The van der Waals surface area contributed by atoms with Gasteiger partial charge in [0.1, 0.15) is 5.75 Å². The zero-order valence-electron chi connectivity index (χ0n) is 10.0. The van der Waals surface area contributed by atoms with Gasteiger partial charge in [0.15, 0.2) is 0 Å². The Morgan fingerprint density at radius 3 is 2.76 bits per heavy atom. The van der Waals surface area contributed by atoms with Gasteiger partial charge in [-0.1, -0.05) is 30.3 Å². The Kier molecular flexibility index (Phi) is 2.33. The number of hydrogen-bond donors (Lipinski definition) is 2. The van der Waals surface area contributed by atoms with E-state index in [-0.39, 0.29) is 5.54 Å². The van der Waals surface area contributed by atoms with E-state index in [0.717, 1.165) is 23.9 Å². The van der Waals surface area contributed by atoms with Crippen molar-refractivity contribution in [2.45, 2.75) is 25.3 Å². The molecule has 0 bridgehead atoms. The average Bonchev–Trinajstić information content (AvgIpc) is 2.76. The fourth-order valence-electron chi connectivity index (χ4n) is 2.95. The van der Waals surface area contributed by atoms with E-state index in [1.165, 1.54) is 11.8 Å². The lowest BCUT2D eigenvalue weighted by Crippen LogP contribution is -2.33. The molecule has 0 radical (unpaired) electrons. The van der Waals surface area contributed by atoms with E-state index in [0.29, 0.717) is 5.75 Å². The minimum absolute atomic E-state index is 0.0923. The van der Waals surface area contributed by atoms with Gasteiger partial charge in [0.2, 0.25) is 0 Å². The summed E-state index contributed by atoms with van der Waals surface area (Å²) in [5.74, 6) is 0.403. The van der Waals surface area contributed by atoms with Crippen LogP contribution in [0.4, 0.5) is 0 Å². The van der Waals surface area contributed by atoms with Crippen molar-refractivity contribution in [3.05, 3.63) is 42.0 Å². The molecule has 0 aliphatic carbocycles. The van der Waals surface area contributed by atoms with Crippen LogP contribution in [-0.2, 0) is 5.54 Å². The van der Waals surface area contributed by atoms with Crippen LogP contribution in [0.5, 0.6) is 5.75 Å². The van der Waals surface area contributed by atoms with E-state index in [1.807, 2.05) is 24.3 Å². The van der Waals surface area contributed by atoms with Gasteiger partial charge in [-0.2, -0.15) is 0 Å². The number of fused-ring (bicyclic) bond motifs is 1. The molecule has 1 fully saturated rings. The summed E-state index contributed by atoms with van der Waals surface area (Å²) in [6.07, 6.45) is 2.24. The molecule has 2 aromatic carbocycles. The molecule has 0 amide bonds. The summed E-state index contributed by atoms with van der Waals surface area (Å²) in [6, 6.07) is 12.0. The van der Waals surface area contributed by atoms with Crippen LogP contribution in [0.3, 0.4) is 0 Å². The van der Waals surface area contributed by atoms with Crippen LogP contribution in [0.15, 0.2) is 36.4 Å². The third kappa shape index (κ3) is 1.60. The molecule has 1 saturated heterocycles. The molecule has 0 spiro atoms. The second-order valence-corrected chi connectivity index (χ2v) is 5.04. The van der Waals surface area contributed by atoms with Crippen molar-refractivity contribution >= 4 is 10.8 Å². The fraction of sp³-hybridized carbons (Fsp3) is 0.333. The van der Waals surface area contributed by atoms with Crippen LogP contribution in [0, 0.1) is 0 Å². The zero-order chi connectivity index (χ0) is 11.9. The molecule has 3 rings (SSSR count). The first-order chi connectivity index (χ1) is 8.21. The molecule has 2 nitrogen and oxygen atoms in total. The van der Waals surface area contributed by atoms with Gasteiger partial charge in [-0.3, -0.25) is 0 Å². The smallest absolute Gasteiger partial charge is 0.121 e. The molecule has 1 unspecified atom stereocenters. The van der Waals surface area contributed by atoms with E-state index in [1.54, 1.807) is 0 Å². The van der Waals surface area contributed by atoms with Crippen LogP contribution < -0.4 is 5.32 Å². The highest BCUT2D eigenvalue weighted by Gasteiger charge is 2.33. The minimum atomic E-state index is -0.0923. The molecular formula is C15H17NO. The van der Waals surface area contributed by atoms with Crippen molar-refractivity contribution in [1.29, 1.82) is 0 Å². The van der Waals surface area contributed by atoms with Crippen molar-refractivity contribution in [2.75, 3.05) is 6.54 Å². The van der Waals surface area contributed by atoms with E-state index in [4.69, 9.17) is 0 Å². The van der Waals surface area contributed by atoms with Crippen molar-refractivity contribution in [3.63, 3.8) is 0 Å². The maximum Gasteiger partial charge on any atom is 0.121 e. The van der Waals surface area contributed by atoms with Crippen LogP contribution >= 0.6 is 0 Å². The van der Waals surface area contributed by atoms with Crippen LogP contribution in [-0.4, -0.2) is 11.7 Å². The maximum absolute atomic E-state index is 10.2. The van der Waals surface area contributed by atoms with E-state index >= 15 is 0 Å². The Bertz CT molecular complexity index is 556. The second-order valence-electron chi connectivity index (χ2n) is 5.04. The molecule has 2 heteroatoms. The number of hydrogen-bond acceptors (Lipinski definition) is 2. The Morgan fingerprint density at radius 2 is 2.00 bits per heavy atom. The van der Waals surface area contributed by atoms with Gasteiger partial charge < -0.3 is 10.4 Å². The molecule has 0 saturated carbocycles. The first-order valence-electron chi connectivity index (χ1n) is 6.17. The summed E-state index contributed by atoms with van der Waals surface area (Å²) in [7, 11) is 0. The SMILES string of the molecule is CC1(c2c(O)ccc3ccccc23)CCCN1. The van der Waals surface area contributed by atoms with Crippen LogP contribution in [0.2, 0.25) is 0 Å². The highest BCUT2D eigenvalue weighted by Crippen LogP contribution is 2.40. The summed E-state index contributed by atoms with van der Waals surface area (Å²) < 4.78 is 0. The third-order valence-electron chi connectivity index (χ3n) is 3.83. The molecule has 17 heavy (non-hydrogen) atoms. The monoisotopic (exact) mass is 227 g/mol. The fourth-order valence-corrected chi connectivity index (χ4v) is 2.95. The number of phenols is 1. The van der Waals surface area contributed by atoms with Gasteiger partial charge in [-0.05, 0) is 43.1 Å². The summed E-state index contributed by atoms with van der Waals surface area (Å²) in [6.45, 7) is 3.21. The lowest BCUT2D eigenvalue weighted by atomic mass is 9.86. The molecule has 0 aromatic heterocycles. The van der Waals surface area contributed by atoms with Gasteiger partial charge in [0.05, 0.1) is 0 Å². The molecule has 2 N–H and O–H groups in total. The first kappa shape index (κ1) is 10.6. The lowest BCUT2D eigenvalue weighted by molar-refractivity contribution is 0.398. The van der Waals surface area contributed by atoms with Gasteiger partial charge in [0.25, 0.3) is 0 Å². The standard InChI is InChI=1S/C15H17NO/c1-15(9-4-10-16-15)14-12-6-3-2-5-11(12)7-8-13(14)17/h2-3,5-8,16-17H,4,9-10H2,1H3. The van der Waals surface area contributed by atoms with Crippen molar-refractivity contribution in [3.8, 4) is 5.75 Å². The van der Waals surface area contributed by atoms with Gasteiger partial charge in [-0.15, -0.1) is 0 Å². The van der Waals surface area contributed by atoms with Crippen molar-refractivity contribution in [1.82, 2.24) is 5.32 Å². The van der Waals surface area contributed by atoms with Gasteiger partial charge in [-0.25, -0.2) is 0 Å². The zero-order valence-corrected chi connectivity index (χ0v) is 10.0. The molecule has 1 aliphatic rings. The second kappa shape index (κ2) is 3.74. The largest absolute Gasteiger partial charge is 0.508 e. The third-order valence-corrected chi connectivity index (χ3v) is 3.83. The summed E-state index contributed by atoms with van der Waals surface area (Å²) in [5.41, 5.74) is 0.957. The summed E-state index contributed by atoms with van der Waals surface area (Å²) >= 11 is 0. The number of benzene rings is 2. The molecule has 1 heterocycles. The Balaban J connectivity index is 2.30. The molecule has 1 atom stereocenters. The number of aromatic hydroxyl groups is 1. The van der Waals surface area contributed by atoms with E-state index in [2.05, 4.69) is 24.4 Å². The summed E-state index contributed by atoms with van der Waals surface area (Å²) in [4.78, 5) is 0. The number of nitrogens with one attached hydrogen (secondary N) is 1. The quantitative estimate of drug-likeness (QED) is 0.784. The molecule has 88 valence electrons. The Morgan fingerprint density at radius 1 is 1.18 bits per heavy atom. The number of rotatable bonds is 1. The average molecular weight is 227 g/mol. The summed E-state index contributed by atoms with van der Waals surface area (Å²) in [5, 5.41) is 16.1. The highest BCUT2D eigenvalue weighted by molar-refractivity contribution is 5.88. The lowest BCUT2D eigenvalue weighted by Gasteiger charge is -2.27. The molecule has 2 aromatic rings. The predicted molar refractivity (Wildman–Crippen MR) is 70.2 cm³/mol. The van der Waals surface area contributed by atoms with Crippen LogP contribution in [0.1, 0.15) is 25.3 Å². The van der Waals surface area contributed by atoms with Gasteiger partial charge in [0, 0.05) is 11.1 Å². The Labute approximate surface area is 101 Å². The van der Waals surface area contributed by atoms with Crippen LogP contribution in [0.25, 0.3) is 10.8 Å². The van der Waals surface area contributed by atoms with Crippen molar-refractivity contribution in [2.24, 2.45) is 0 Å². The Hall–Kier alpha value is -1.54. The van der Waals surface area contributed by atoms with E-state index in [9.17, 15) is 5.11 Å². The molecular weight excluding hydrogens is 210 g/mol. The van der Waals surface area contributed by atoms with Gasteiger partial charge >= 0.3 is 0 Å². The first-order valence-corrected chi connectivity index (χ1v) is 6.17. The van der Waals surface area contributed by atoms with Crippen molar-refractivity contribution < 1.29 is 5.11 Å². The predicted octanol–water partition coefficient (Wildman–Crippen LogP) is 3.14. The maximum atomic E-state index is 10.2. The molecule has 1 aliphatic heterocycles. The minimum Gasteiger partial charge on any atom is -0.508 e. The topological polar surface area (TPSA) is 32.3 Å². The normalized spacial score (nSPS) is 24.3. The van der Waals surface area contributed by atoms with E-state index < -0.39 is 0 Å². The number of phenolic OH excluding ortho intramolecular Hbond substituents is 1.